The van der Waals surface area contributed by atoms with E-state index >= 15 is 0 Å². The molecule has 2 aromatic rings. The van der Waals surface area contributed by atoms with Crippen molar-refractivity contribution in [1.82, 2.24) is 9.97 Å². The highest BCUT2D eigenvalue weighted by Crippen LogP contribution is 2.33. The third kappa shape index (κ3) is 2.12. The van der Waals surface area contributed by atoms with Gasteiger partial charge in [0, 0.05) is 0 Å². The van der Waals surface area contributed by atoms with Crippen molar-refractivity contribution in [3.63, 3.8) is 0 Å². The minimum absolute atomic E-state index is 0.332. The maximum atomic E-state index is 11.7. The molecular formula is C11H11ClN2O2S. The molecule has 0 aliphatic heterocycles. The zero-order valence-corrected chi connectivity index (χ0v) is 11.3. The van der Waals surface area contributed by atoms with E-state index in [2.05, 4.69) is 9.97 Å². The molecular weight excluding hydrogens is 260 g/mol. The summed E-state index contributed by atoms with van der Waals surface area (Å²) in [5.41, 5.74) is 0.786. The topological polar surface area (TPSA) is 52.1 Å². The Morgan fingerprint density at radius 2 is 2.12 bits per heavy atom. The maximum absolute atomic E-state index is 11.7. The number of fused-ring (bicyclic) bond motifs is 1. The molecule has 0 aliphatic carbocycles. The van der Waals surface area contributed by atoms with Crippen LogP contribution in [0.15, 0.2) is 0 Å². The summed E-state index contributed by atoms with van der Waals surface area (Å²) in [4.78, 5) is 21.4. The zero-order chi connectivity index (χ0) is 12.6. The molecule has 0 bridgehead atoms. The van der Waals surface area contributed by atoms with Gasteiger partial charge in [0.1, 0.15) is 20.7 Å². The Kier molecular flexibility index (Phi) is 3.31. The van der Waals surface area contributed by atoms with E-state index in [1.165, 1.54) is 11.3 Å². The molecule has 0 aliphatic rings. The molecule has 4 nitrogen and oxygen atoms in total. The lowest BCUT2D eigenvalue weighted by molar-refractivity contribution is 0.0531. The minimum atomic E-state index is -0.332. The number of aryl methyl sites for hydroxylation is 2. The highest BCUT2D eigenvalue weighted by molar-refractivity contribution is 7.20. The van der Waals surface area contributed by atoms with Crippen LogP contribution in [-0.2, 0) is 4.74 Å². The van der Waals surface area contributed by atoms with E-state index in [-0.39, 0.29) is 5.97 Å². The Balaban J connectivity index is 2.64. The molecule has 0 unspecified atom stereocenters. The highest BCUT2D eigenvalue weighted by atomic mass is 35.5. The lowest BCUT2D eigenvalue weighted by Gasteiger charge is -1.99. The normalized spacial score (nSPS) is 10.8. The molecule has 0 amide bonds. The number of rotatable bonds is 2. The first-order valence-electron chi connectivity index (χ1n) is 5.15. The lowest BCUT2D eigenvalue weighted by Crippen LogP contribution is -2.03. The summed E-state index contributed by atoms with van der Waals surface area (Å²) < 4.78 is 4.99. The van der Waals surface area contributed by atoms with Crippen LogP contribution in [0.2, 0.25) is 5.15 Å². The van der Waals surface area contributed by atoms with Gasteiger partial charge in [-0.15, -0.1) is 11.3 Å². The number of ether oxygens (including phenoxy) is 1. The molecule has 0 saturated heterocycles. The third-order valence-corrected chi connectivity index (χ3v) is 3.76. The monoisotopic (exact) mass is 270 g/mol. The third-order valence-electron chi connectivity index (χ3n) is 2.32. The second-order valence-electron chi connectivity index (χ2n) is 3.52. The fourth-order valence-corrected chi connectivity index (χ4v) is 3.11. The fraction of sp³-hybridized carbons (Fsp3) is 0.364. The van der Waals surface area contributed by atoms with Crippen molar-refractivity contribution >= 4 is 39.1 Å². The first-order valence-corrected chi connectivity index (χ1v) is 6.34. The second kappa shape index (κ2) is 4.58. The summed E-state index contributed by atoms with van der Waals surface area (Å²) in [6.45, 7) is 5.72. The van der Waals surface area contributed by atoms with Crippen LogP contribution in [0, 0.1) is 13.8 Å². The predicted octanol–water partition coefficient (Wildman–Crippen LogP) is 3.14. The van der Waals surface area contributed by atoms with Crippen LogP contribution in [0.3, 0.4) is 0 Å². The average Bonchev–Trinajstić information content (AvgIpc) is 2.56. The van der Waals surface area contributed by atoms with Gasteiger partial charge in [-0.2, -0.15) is 0 Å². The number of hydrogen-bond acceptors (Lipinski definition) is 5. The number of hydrogen-bond donors (Lipinski definition) is 0. The van der Waals surface area contributed by atoms with Gasteiger partial charge in [-0.05, 0) is 26.3 Å². The molecule has 90 valence electrons. The standard InChI is InChI=1S/C11H11ClN2O2S/c1-4-16-11(15)8-5(2)7-9(12)13-6(3)14-10(7)17-8/h4H2,1-3H3. The van der Waals surface area contributed by atoms with Gasteiger partial charge in [0.15, 0.2) is 0 Å². The summed E-state index contributed by atoms with van der Waals surface area (Å²) in [6.07, 6.45) is 0. The molecule has 2 heterocycles. The van der Waals surface area contributed by atoms with Gasteiger partial charge >= 0.3 is 5.97 Å². The molecule has 0 radical (unpaired) electrons. The number of nitrogens with zero attached hydrogens (tertiary/aromatic N) is 2. The molecule has 17 heavy (non-hydrogen) atoms. The van der Waals surface area contributed by atoms with E-state index in [1.54, 1.807) is 13.8 Å². The highest BCUT2D eigenvalue weighted by Gasteiger charge is 2.19. The average molecular weight is 271 g/mol. The SMILES string of the molecule is CCOC(=O)c1sc2nc(C)nc(Cl)c2c1C. The lowest BCUT2D eigenvalue weighted by atomic mass is 10.2. The van der Waals surface area contributed by atoms with E-state index < -0.39 is 0 Å². The molecule has 0 N–H and O–H groups in total. The Morgan fingerprint density at radius 1 is 1.41 bits per heavy atom. The molecule has 2 rings (SSSR count). The number of esters is 1. The summed E-state index contributed by atoms with van der Waals surface area (Å²) in [5.74, 6) is 0.265. The molecule has 0 atom stereocenters. The van der Waals surface area contributed by atoms with Crippen LogP contribution in [0.1, 0.15) is 28.0 Å². The molecule has 0 aromatic carbocycles. The molecule has 0 saturated carbocycles. The first-order chi connectivity index (χ1) is 8.04. The van der Waals surface area contributed by atoms with Crippen molar-refractivity contribution in [1.29, 1.82) is 0 Å². The number of thiophene rings is 1. The van der Waals surface area contributed by atoms with Gasteiger partial charge in [-0.25, -0.2) is 14.8 Å². The van der Waals surface area contributed by atoms with Gasteiger partial charge in [-0.1, -0.05) is 11.6 Å². The quantitative estimate of drug-likeness (QED) is 0.621. The Labute approximate surface area is 108 Å². The van der Waals surface area contributed by atoms with Crippen molar-refractivity contribution in [3.8, 4) is 0 Å². The number of aromatic nitrogens is 2. The Morgan fingerprint density at radius 3 is 2.76 bits per heavy atom. The van der Waals surface area contributed by atoms with E-state index in [0.717, 1.165) is 15.8 Å². The van der Waals surface area contributed by atoms with Gasteiger partial charge < -0.3 is 4.74 Å². The molecule has 2 aromatic heterocycles. The Hall–Kier alpha value is -1.20. The minimum Gasteiger partial charge on any atom is -0.462 e. The van der Waals surface area contributed by atoms with E-state index in [9.17, 15) is 4.79 Å². The number of carbonyl (C=O) groups is 1. The fourth-order valence-electron chi connectivity index (χ4n) is 1.58. The second-order valence-corrected chi connectivity index (χ2v) is 4.88. The summed E-state index contributed by atoms with van der Waals surface area (Å²) in [7, 11) is 0. The van der Waals surface area contributed by atoms with Crippen molar-refractivity contribution in [3.05, 3.63) is 21.4 Å². The van der Waals surface area contributed by atoms with E-state index in [1.807, 2.05) is 6.92 Å². The van der Waals surface area contributed by atoms with Gasteiger partial charge in [0.25, 0.3) is 0 Å². The van der Waals surface area contributed by atoms with Crippen LogP contribution in [-0.4, -0.2) is 22.5 Å². The van der Waals surface area contributed by atoms with Crippen LogP contribution < -0.4 is 0 Å². The summed E-state index contributed by atoms with van der Waals surface area (Å²) in [5, 5.41) is 1.13. The van der Waals surface area contributed by atoms with Crippen LogP contribution >= 0.6 is 22.9 Å². The molecule has 6 heteroatoms. The van der Waals surface area contributed by atoms with E-state index in [4.69, 9.17) is 16.3 Å². The Bertz CT molecular complexity index is 595. The molecule has 0 spiro atoms. The largest absolute Gasteiger partial charge is 0.462 e. The predicted molar refractivity (Wildman–Crippen MR) is 67.9 cm³/mol. The van der Waals surface area contributed by atoms with Crippen LogP contribution in [0.5, 0.6) is 0 Å². The zero-order valence-electron chi connectivity index (χ0n) is 9.70. The number of halogens is 1. The smallest absolute Gasteiger partial charge is 0.348 e. The van der Waals surface area contributed by atoms with Crippen molar-refractivity contribution in [2.45, 2.75) is 20.8 Å². The summed E-state index contributed by atoms with van der Waals surface area (Å²) >= 11 is 7.36. The van der Waals surface area contributed by atoms with Gasteiger partial charge in [0.05, 0.1) is 12.0 Å². The van der Waals surface area contributed by atoms with Gasteiger partial charge in [0.2, 0.25) is 0 Å². The maximum Gasteiger partial charge on any atom is 0.348 e. The van der Waals surface area contributed by atoms with Crippen molar-refractivity contribution < 1.29 is 9.53 Å². The van der Waals surface area contributed by atoms with Crippen LogP contribution in [0.4, 0.5) is 0 Å². The molecule has 0 fully saturated rings. The van der Waals surface area contributed by atoms with Crippen molar-refractivity contribution in [2.75, 3.05) is 6.61 Å². The van der Waals surface area contributed by atoms with Crippen molar-refractivity contribution in [2.24, 2.45) is 0 Å². The summed E-state index contributed by atoms with van der Waals surface area (Å²) in [6, 6.07) is 0. The number of carbonyl (C=O) groups excluding carboxylic acids is 1. The van der Waals surface area contributed by atoms with Gasteiger partial charge in [-0.3, -0.25) is 0 Å². The first kappa shape index (κ1) is 12.3. The van der Waals surface area contributed by atoms with Crippen LogP contribution in [0.25, 0.3) is 10.2 Å². The van der Waals surface area contributed by atoms with E-state index in [0.29, 0.717) is 22.5 Å².